The number of rotatable bonds is 8. The minimum atomic E-state index is -2.44. The van der Waals surface area contributed by atoms with E-state index in [1.54, 1.807) is 33.1 Å². The quantitative estimate of drug-likeness (QED) is 0.165. The Morgan fingerprint density at radius 2 is 1.26 bits per heavy atom. The van der Waals surface area contributed by atoms with Crippen molar-refractivity contribution in [2.75, 3.05) is 48.9 Å². The molecule has 1 heterocycles. The van der Waals surface area contributed by atoms with Gasteiger partial charge in [-0.1, -0.05) is 18.2 Å². The molecule has 0 aliphatic heterocycles. The van der Waals surface area contributed by atoms with Gasteiger partial charge in [-0.2, -0.15) is 0 Å². The number of nitrogens with zero attached hydrogens (tertiary/aromatic N) is 5. The van der Waals surface area contributed by atoms with Crippen molar-refractivity contribution in [1.29, 1.82) is 0 Å². The molecular weight excluding hydrogens is 605 g/mol. The third-order valence-electron chi connectivity index (χ3n) is 4.24. The summed E-state index contributed by atoms with van der Waals surface area (Å²) < 4.78 is 30.3. The predicted octanol–water partition coefficient (Wildman–Crippen LogP) is 3.39. The number of hydrogen-bond donors (Lipinski definition) is 3. The van der Waals surface area contributed by atoms with Gasteiger partial charge in [-0.15, -0.1) is 5.69 Å². The van der Waals surface area contributed by atoms with E-state index in [-0.39, 0.29) is 17.4 Å². The van der Waals surface area contributed by atoms with Crippen LogP contribution in [0, 0.1) is 0 Å². The first-order valence-electron chi connectivity index (χ1n) is 10.6. The molecular formula is C22H33MoN5O9P-. The zero-order valence-electron chi connectivity index (χ0n) is 22.1. The molecule has 1 aromatic carbocycles. The Labute approximate surface area is 232 Å². The molecule has 2 aromatic rings. The molecule has 3 N–H and O–H groups in total. The molecule has 16 heteroatoms. The molecule has 0 saturated heterocycles. The summed E-state index contributed by atoms with van der Waals surface area (Å²) in [6.07, 6.45) is 0. The molecule has 0 radical (unpaired) electrons. The maximum atomic E-state index is 12.1. The average molecular weight is 638 g/mol. The third-order valence-corrected chi connectivity index (χ3v) is 7.37. The Kier molecular flexibility index (Phi) is 18.9. The van der Waals surface area contributed by atoms with E-state index in [0.29, 0.717) is 37.6 Å². The second-order valence-electron chi connectivity index (χ2n) is 7.44. The number of pyridine rings is 1. The summed E-state index contributed by atoms with van der Waals surface area (Å²) in [6.45, 7) is 2.10. The van der Waals surface area contributed by atoms with Crippen molar-refractivity contribution in [3.8, 4) is 0 Å². The van der Waals surface area contributed by atoms with Gasteiger partial charge in [0.15, 0.2) is 0 Å². The maximum absolute atomic E-state index is 12.1. The minimum absolute atomic E-state index is 0.269. The van der Waals surface area contributed by atoms with Gasteiger partial charge in [-0.3, -0.25) is 4.57 Å². The Bertz CT molecular complexity index is 1010. The number of carboxylic acid groups (broad SMARTS) is 2. The van der Waals surface area contributed by atoms with Crippen molar-refractivity contribution < 1.29 is 62.3 Å². The van der Waals surface area contributed by atoms with E-state index >= 15 is 0 Å². The zero-order chi connectivity index (χ0) is 30.1. The van der Waals surface area contributed by atoms with Crippen LogP contribution in [0.25, 0.3) is 5.48 Å². The van der Waals surface area contributed by atoms with Gasteiger partial charge in [0, 0.05) is 0 Å². The standard InChI is InChI=1S/C9H11NO3.C7H5NO4.C6H18N3OP.Mo.O/c1-2-13-9(11)7-3-5-8(10-12)6-4-7;9-6(10)4-2-1-3-5(8-4)7(11)12;1-7(2)11(10,8(3)4)9(5)6;;/h3-6H,2H2,1H3,(H2,10,11,12);1-3H,(H,9,10)(H,11,12);1-6H3;;/p-1. The Morgan fingerprint density at radius 3 is 1.53 bits per heavy atom. The van der Waals surface area contributed by atoms with Crippen LogP contribution < -0.4 is 0 Å². The van der Waals surface area contributed by atoms with Gasteiger partial charge >= 0.3 is 41.1 Å². The van der Waals surface area contributed by atoms with Crippen molar-refractivity contribution in [3.63, 3.8) is 0 Å². The van der Waals surface area contributed by atoms with Crippen molar-refractivity contribution in [3.05, 3.63) is 64.9 Å². The average Bonchev–Trinajstić information content (AvgIpc) is 2.89. The van der Waals surface area contributed by atoms with Gasteiger partial charge in [0.1, 0.15) is 11.4 Å². The van der Waals surface area contributed by atoms with E-state index in [1.807, 2.05) is 42.3 Å². The van der Waals surface area contributed by atoms with Crippen LogP contribution in [0.3, 0.4) is 0 Å². The molecule has 0 fully saturated rings. The van der Waals surface area contributed by atoms with E-state index in [0.717, 1.165) is 0 Å². The monoisotopic (exact) mass is 640 g/mol. The number of ether oxygens (including phenoxy) is 1. The summed E-state index contributed by atoms with van der Waals surface area (Å²) in [5.74, 6) is -2.84. The summed E-state index contributed by atoms with van der Waals surface area (Å²) in [5, 5.41) is 25.3. The summed E-state index contributed by atoms with van der Waals surface area (Å²) >= 11 is 0.700. The number of aromatic nitrogens is 1. The summed E-state index contributed by atoms with van der Waals surface area (Å²) in [7, 11) is 8.49. The molecule has 0 aliphatic carbocycles. The van der Waals surface area contributed by atoms with Crippen LogP contribution in [0.2, 0.25) is 0 Å². The second-order valence-corrected chi connectivity index (χ2v) is 10.9. The van der Waals surface area contributed by atoms with E-state index in [9.17, 15) is 18.9 Å². The summed E-state index contributed by atoms with van der Waals surface area (Å²) in [4.78, 5) is 35.1. The van der Waals surface area contributed by atoms with Gasteiger partial charge in [0.05, 0.1) is 12.2 Å². The fourth-order valence-electron chi connectivity index (χ4n) is 2.62. The second kappa shape index (κ2) is 19.2. The predicted molar refractivity (Wildman–Crippen MR) is 135 cm³/mol. The Balaban J connectivity index is 0. The number of hydrogen-bond acceptors (Lipinski definition) is 8. The molecule has 0 bridgehead atoms. The number of carboxylic acids is 2. The van der Waals surface area contributed by atoms with Crippen molar-refractivity contribution >= 4 is 31.2 Å². The molecule has 0 unspecified atom stereocenters. The fourth-order valence-corrected chi connectivity index (χ4v) is 4.77. The van der Waals surface area contributed by atoms with E-state index in [1.165, 1.54) is 30.3 Å². The summed E-state index contributed by atoms with van der Waals surface area (Å²) in [5.41, 5.74) is 3.29. The van der Waals surface area contributed by atoms with Crippen molar-refractivity contribution in [1.82, 2.24) is 19.0 Å². The zero-order valence-corrected chi connectivity index (χ0v) is 25.0. The Morgan fingerprint density at radius 1 is 0.868 bits per heavy atom. The van der Waals surface area contributed by atoms with Crippen LogP contribution in [0.4, 0.5) is 5.69 Å². The van der Waals surface area contributed by atoms with E-state index in [4.69, 9.17) is 23.6 Å². The molecule has 38 heavy (non-hydrogen) atoms. The number of carbonyl (C=O) groups excluding carboxylic acids is 1. The van der Waals surface area contributed by atoms with E-state index in [2.05, 4.69) is 10.5 Å². The van der Waals surface area contributed by atoms with Crippen molar-refractivity contribution in [2.45, 2.75) is 6.92 Å². The molecule has 0 spiro atoms. The molecule has 2 rings (SSSR count). The molecule has 0 saturated carbocycles. The number of carbonyl (C=O) groups is 3. The van der Waals surface area contributed by atoms with Crippen LogP contribution >= 0.6 is 7.59 Å². The molecule has 0 atom stereocenters. The van der Waals surface area contributed by atoms with Gasteiger partial charge < -0.3 is 25.6 Å². The number of benzene rings is 1. The first-order chi connectivity index (χ1) is 17.7. The fraction of sp³-hybridized carbons (Fsp3) is 0.364. The number of esters is 1. The van der Waals surface area contributed by atoms with Gasteiger partial charge in [-0.05, 0) is 73.5 Å². The first-order valence-corrected chi connectivity index (χ1v) is 13.0. The molecule has 0 aliphatic rings. The SMILES string of the molecule is CCOC(=O)c1ccc([N-]O)cc1.CN(C)P(=O)(N(C)C)N(C)C.O=C(O)c1cccc(C(=O)O)n1.[O]=[Mo]. The topological polar surface area (TPSA) is 192 Å². The number of aromatic carboxylic acids is 2. The molecule has 212 valence electrons. The first kappa shape index (κ1) is 37.3. The molecule has 1 aromatic heterocycles. The van der Waals surface area contributed by atoms with E-state index < -0.39 is 19.5 Å². The van der Waals surface area contributed by atoms with Crippen LogP contribution in [-0.4, -0.2) is 101 Å². The Hall–Kier alpha value is -2.86. The van der Waals surface area contributed by atoms with Gasteiger partial charge in [0.25, 0.3) is 7.59 Å². The van der Waals surface area contributed by atoms with Crippen LogP contribution in [0.15, 0.2) is 42.5 Å². The van der Waals surface area contributed by atoms with Crippen molar-refractivity contribution in [2.24, 2.45) is 0 Å². The molecule has 14 nitrogen and oxygen atoms in total. The van der Waals surface area contributed by atoms with Gasteiger partial charge in [0.2, 0.25) is 0 Å². The third kappa shape index (κ3) is 12.6. The summed E-state index contributed by atoms with van der Waals surface area (Å²) in [6, 6.07) is 9.96. The van der Waals surface area contributed by atoms with Gasteiger partial charge in [-0.25, -0.2) is 33.4 Å². The van der Waals surface area contributed by atoms with Crippen LogP contribution in [0.5, 0.6) is 0 Å². The van der Waals surface area contributed by atoms with Crippen LogP contribution in [0.1, 0.15) is 38.3 Å². The molecule has 0 amide bonds. The normalized spacial score (nSPS) is 10.2. The van der Waals surface area contributed by atoms with Crippen LogP contribution in [-0.2, 0) is 32.5 Å².